The Bertz CT molecular complexity index is 507. The first kappa shape index (κ1) is 15.0. The fraction of sp³-hybridized carbons (Fsp3) is 0.400. The molecule has 0 unspecified atom stereocenters. The zero-order chi connectivity index (χ0) is 15.1. The molecule has 6 heteroatoms. The van der Waals surface area contributed by atoms with Gasteiger partial charge in [-0.2, -0.15) is 0 Å². The first-order valence-corrected chi connectivity index (χ1v) is 6.91. The van der Waals surface area contributed by atoms with Crippen LogP contribution in [0.2, 0.25) is 0 Å². The summed E-state index contributed by atoms with van der Waals surface area (Å²) >= 11 is 0. The highest BCUT2D eigenvalue weighted by Gasteiger charge is 2.18. The second-order valence-corrected chi connectivity index (χ2v) is 4.84. The van der Waals surface area contributed by atoms with Gasteiger partial charge in [-0.15, -0.1) is 0 Å². The normalized spacial score (nSPS) is 13.8. The Morgan fingerprint density at radius 2 is 1.86 bits per heavy atom. The van der Waals surface area contributed by atoms with E-state index >= 15 is 0 Å². The van der Waals surface area contributed by atoms with Gasteiger partial charge in [-0.3, -0.25) is 14.4 Å². The Kier molecular flexibility index (Phi) is 5.31. The van der Waals surface area contributed by atoms with Gasteiger partial charge in [0.15, 0.2) is 6.61 Å². The molecule has 112 valence electrons. The molecule has 21 heavy (non-hydrogen) atoms. The van der Waals surface area contributed by atoms with Crippen LogP contribution in [0.15, 0.2) is 24.3 Å². The predicted molar refractivity (Wildman–Crippen MR) is 76.1 cm³/mol. The average Bonchev–Trinajstić information content (AvgIpc) is 3.05. The van der Waals surface area contributed by atoms with Gasteiger partial charge in [0.1, 0.15) is 12.0 Å². The van der Waals surface area contributed by atoms with Crippen LogP contribution in [-0.2, 0) is 9.59 Å². The van der Waals surface area contributed by atoms with Crippen molar-refractivity contribution in [2.24, 2.45) is 0 Å². The quantitative estimate of drug-likeness (QED) is 0.779. The minimum atomic E-state index is -0.345. The molecule has 2 rings (SSSR count). The van der Waals surface area contributed by atoms with Crippen molar-refractivity contribution in [2.45, 2.75) is 12.8 Å². The van der Waals surface area contributed by atoms with E-state index in [1.807, 2.05) is 0 Å². The summed E-state index contributed by atoms with van der Waals surface area (Å²) in [6.45, 7) is 1.39. The fourth-order valence-corrected chi connectivity index (χ4v) is 2.10. The molecule has 1 saturated heterocycles. The average molecular weight is 290 g/mol. The van der Waals surface area contributed by atoms with Gasteiger partial charge in [0.05, 0.1) is 6.54 Å². The van der Waals surface area contributed by atoms with Crippen molar-refractivity contribution in [2.75, 3.05) is 26.2 Å². The molecule has 0 spiro atoms. The van der Waals surface area contributed by atoms with Crippen LogP contribution in [0.1, 0.15) is 23.2 Å². The molecule has 1 aromatic rings. The van der Waals surface area contributed by atoms with Crippen molar-refractivity contribution in [3.8, 4) is 5.75 Å². The minimum absolute atomic E-state index is 0.00622. The van der Waals surface area contributed by atoms with E-state index in [1.54, 1.807) is 29.2 Å². The highest BCUT2D eigenvalue weighted by Crippen LogP contribution is 2.10. The van der Waals surface area contributed by atoms with E-state index in [2.05, 4.69) is 5.32 Å². The Labute approximate surface area is 123 Å². The predicted octanol–water partition coefficient (Wildman–Crippen LogP) is 0.616. The minimum Gasteiger partial charge on any atom is -0.484 e. The van der Waals surface area contributed by atoms with Crippen molar-refractivity contribution in [3.05, 3.63) is 29.8 Å². The lowest BCUT2D eigenvalue weighted by Crippen LogP contribution is -2.40. The van der Waals surface area contributed by atoms with Crippen LogP contribution in [0, 0.1) is 0 Å². The molecule has 0 radical (unpaired) electrons. The number of nitrogens with zero attached hydrogens (tertiary/aromatic N) is 1. The number of carbonyl (C=O) groups is 3. The molecule has 6 nitrogen and oxygen atoms in total. The van der Waals surface area contributed by atoms with Gasteiger partial charge in [0, 0.05) is 18.7 Å². The van der Waals surface area contributed by atoms with Crippen LogP contribution in [0.3, 0.4) is 0 Å². The van der Waals surface area contributed by atoms with E-state index < -0.39 is 0 Å². The summed E-state index contributed by atoms with van der Waals surface area (Å²) < 4.78 is 5.27. The van der Waals surface area contributed by atoms with Gasteiger partial charge < -0.3 is 15.0 Å². The first-order valence-electron chi connectivity index (χ1n) is 6.91. The van der Waals surface area contributed by atoms with Gasteiger partial charge in [-0.25, -0.2) is 0 Å². The molecular weight excluding hydrogens is 272 g/mol. The largest absolute Gasteiger partial charge is 0.484 e. The van der Waals surface area contributed by atoms with Crippen LogP contribution in [-0.4, -0.2) is 49.2 Å². The summed E-state index contributed by atoms with van der Waals surface area (Å²) in [4.78, 5) is 35.6. The number of nitrogens with one attached hydrogen (secondary N) is 1. The van der Waals surface area contributed by atoms with E-state index in [9.17, 15) is 14.4 Å². The molecule has 0 atom stereocenters. The maximum atomic E-state index is 11.7. The van der Waals surface area contributed by atoms with E-state index in [0.717, 1.165) is 32.2 Å². The van der Waals surface area contributed by atoms with Gasteiger partial charge in [-0.1, -0.05) is 0 Å². The van der Waals surface area contributed by atoms with E-state index in [0.29, 0.717) is 11.3 Å². The maximum absolute atomic E-state index is 11.7. The molecule has 0 aliphatic carbocycles. The van der Waals surface area contributed by atoms with Crippen molar-refractivity contribution in [1.82, 2.24) is 10.2 Å². The number of ether oxygens (including phenoxy) is 1. The van der Waals surface area contributed by atoms with Crippen LogP contribution in [0.5, 0.6) is 5.75 Å². The fourth-order valence-electron chi connectivity index (χ4n) is 2.10. The summed E-state index contributed by atoms with van der Waals surface area (Å²) in [5, 5.41) is 2.54. The van der Waals surface area contributed by atoms with E-state index in [1.165, 1.54) is 0 Å². The number of likely N-dealkylation sites (tertiary alicyclic amines) is 1. The Balaban J connectivity index is 1.69. The third kappa shape index (κ3) is 4.59. The first-order chi connectivity index (χ1) is 10.2. The van der Waals surface area contributed by atoms with Crippen LogP contribution in [0.4, 0.5) is 0 Å². The Morgan fingerprint density at radius 3 is 2.48 bits per heavy atom. The second kappa shape index (κ2) is 7.42. The van der Waals surface area contributed by atoms with Gasteiger partial charge in [0.25, 0.3) is 5.91 Å². The zero-order valence-corrected chi connectivity index (χ0v) is 11.7. The monoisotopic (exact) mass is 290 g/mol. The third-order valence-corrected chi connectivity index (χ3v) is 3.28. The molecule has 0 aromatic heterocycles. The number of benzene rings is 1. The smallest absolute Gasteiger partial charge is 0.258 e. The lowest BCUT2D eigenvalue weighted by molar-refractivity contribution is -0.132. The third-order valence-electron chi connectivity index (χ3n) is 3.28. The number of carbonyl (C=O) groups excluding carboxylic acids is 3. The Hall–Kier alpha value is -2.37. The zero-order valence-electron chi connectivity index (χ0n) is 11.7. The van der Waals surface area contributed by atoms with Crippen LogP contribution < -0.4 is 10.1 Å². The van der Waals surface area contributed by atoms with E-state index in [4.69, 9.17) is 4.74 Å². The molecule has 0 bridgehead atoms. The lowest BCUT2D eigenvalue weighted by atomic mass is 10.2. The summed E-state index contributed by atoms with van der Waals surface area (Å²) in [7, 11) is 0. The van der Waals surface area contributed by atoms with Gasteiger partial charge >= 0.3 is 0 Å². The number of aldehydes is 1. The molecule has 1 aliphatic heterocycles. The Morgan fingerprint density at radius 1 is 1.19 bits per heavy atom. The SMILES string of the molecule is O=Cc1ccc(OCC(=O)NCC(=O)N2CCCC2)cc1. The van der Waals surface area contributed by atoms with Crippen molar-refractivity contribution in [1.29, 1.82) is 0 Å². The number of hydrogen-bond acceptors (Lipinski definition) is 4. The molecule has 2 amide bonds. The van der Waals surface area contributed by atoms with Crippen molar-refractivity contribution >= 4 is 18.1 Å². The topological polar surface area (TPSA) is 75.7 Å². The maximum Gasteiger partial charge on any atom is 0.258 e. The number of hydrogen-bond donors (Lipinski definition) is 1. The lowest BCUT2D eigenvalue weighted by Gasteiger charge is -2.15. The van der Waals surface area contributed by atoms with E-state index in [-0.39, 0.29) is 25.0 Å². The molecule has 1 fully saturated rings. The van der Waals surface area contributed by atoms with Crippen molar-refractivity contribution < 1.29 is 19.1 Å². The summed E-state index contributed by atoms with van der Waals surface area (Å²) in [6, 6.07) is 6.45. The number of amides is 2. The molecule has 1 aliphatic rings. The summed E-state index contributed by atoms with van der Waals surface area (Å²) in [6.07, 6.45) is 2.79. The summed E-state index contributed by atoms with van der Waals surface area (Å²) in [5.41, 5.74) is 0.544. The molecule has 1 aromatic carbocycles. The van der Waals surface area contributed by atoms with Crippen molar-refractivity contribution in [3.63, 3.8) is 0 Å². The van der Waals surface area contributed by atoms with Crippen LogP contribution >= 0.6 is 0 Å². The summed E-state index contributed by atoms with van der Waals surface area (Å²) in [5.74, 6) is 0.0971. The van der Waals surface area contributed by atoms with Gasteiger partial charge in [0.2, 0.25) is 5.91 Å². The second-order valence-electron chi connectivity index (χ2n) is 4.84. The van der Waals surface area contributed by atoms with Gasteiger partial charge in [-0.05, 0) is 37.1 Å². The highest BCUT2D eigenvalue weighted by molar-refractivity contribution is 5.85. The molecule has 1 heterocycles. The number of rotatable bonds is 6. The molecule has 1 N–H and O–H groups in total. The van der Waals surface area contributed by atoms with Crippen LogP contribution in [0.25, 0.3) is 0 Å². The standard InChI is InChI=1S/C15H18N2O4/c18-10-12-3-5-13(6-4-12)21-11-14(19)16-9-15(20)17-7-1-2-8-17/h3-6,10H,1-2,7-9,11H2,(H,16,19). The highest BCUT2D eigenvalue weighted by atomic mass is 16.5. The molecular formula is C15H18N2O4. The molecule has 0 saturated carbocycles.